The Hall–Kier alpha value is -3.74. The van der Waals surface area contributed by atoms with Crippen LogP contribution in [0.5, 0.6) is 0 Å². The number of anilines is 2. The van der Waals surface area contributed by atoms with E-state index in [-0.39, 0.29) is 11.8 Å². The van der Waals surface area contributed by atoms with Gasteiger partial charge in [0.2, 0.25) is 5.95 Å². The summed E-state index contributed by atoms with van der Waals surface area (Å²) in [6.07, 6.45) is 3.28. The highest BCUT2D eigenvalue weighted by Gasteiger charge is 2.08. The second kappa shape index (κ2) is 8.57. The Morgan fingerprint density at radius 1 is 0.889 bits per heavy atom. The van der Waals surface area contributed by atoms with Gasteiger partial charge in [0.1, 0.15) is 0 Å². The lowest BCUT2D eigenvalue weighted by molar-refractivity contribution is 0.0948. The van der Waals surface area contributed by atoms with Gasteiger partial charge in [0.25, 0.3) is 11.8 Å². The molecule has 1 aromatic heterocycles. The van der Waals surface area contributed by atoms with Crippen molar-refractivity contribution in [1.82, 2.24) is 20.6 Å². The van der Waals surface area contributed by atoms with Crippen LogP contribution < -0.4 is 16.0 Å². The highest BCUT2D eigenvalue weighted by atomic mass is 16.2. The van der Waals surface area contributed by atoms with Crippen molar-refractivity contribution in [2.45, 2.75) is 6.54 Å². The molecular formula is C20H19N5O2. The van der Waals surface area contributed by atoms with Crippen molar-refractivity contribution < 1.29 is 9.59 Å². The smallest absolute Gasteiger partial charge is 0.251 e. The largest absolute Gasteiger partial charge is 0.355 e. The Morgan fingerprint density at radius 3 is 2.33 bits per heavy atom. The van der Waals surface area contributed by atoms with Gasteiger partial charge in [-0.25, -0.2) is 9.97 Å². The maximum Gasteiger partial charge on any atom is 0.251 e. The number of amides is 2. The summed E-state index contributed by atoms with van der Waals surface area (Å²) in [6, 6.07) is 15.9. The number of aromatic nitrogens is 2. The quantitative estimate of drug-likeness (QED) is 0.627. The van der Waals surface area contributed by atoms with Crippen molar-refractivity contribution in [2.24, 2.45) is 0 Å². The molecule has 2 aromatic carbocycles. The van der Waals surface area contributed by atoms with Crippen LogP contribution in [0.4, 0.5) is 11.6 Å². The number of rotatable bonds is 6. The minimum atomic E-state index is -0.210. The van der Waals surface area contributed by atoms with Crippen molar-refractivity contribution >= 4 is 23.5 Å². The number of hydrogen-bond donors (Lipinski definition) is 3. The number of carbonyl (C=O) groups is 2. The van der Waals surface area contributed by atoms with Crippen LogP contribution in [0.15, 0.2) is 67.0 Å². The minimum absolute atomic E-state index is 0.162. The van der Waals surface area contributed by atoms with Crippen LogP contribution in [-0.4, -0.2) is 28.8 Å². The van der Waals surface area contributed by atoms with Crippen LogP contribution >= 0.6 is 0 Å². The predicted molar refractivity (Wildman–Crippen MR) is 103 cm³/mol. The van der Waals surface area contributed by atoms with Crippen molar-refractivity contribution in [3.8, 4) is 0 Å². The van der Waals surface area contributed by atoms with E-state index in [0.29, 0.717) is 23.6 Å². The van der Waals surface area contributed by atoms with Gasteiger partial charge in [-0.15, -0.1) is 0 Å². The van der Waals surface area contributed by atoms with E-state index in [9.17, 15) is 9.59 Å². The van der Waals surface area contributed by atoms with Gasteiger partial charge >= 0.3 is 0 Å². The SMILES string of the molecule is CNC(=O)c1cccc(CNC(=O)c2cccc(Nc3ncccn3)c2)c1. The maximum absolute atomic E-state index is 12.4. The third kappa shape index (κ3) is 4.88. The van der Waals surface area contributed by atoms with Crippen LogP contribution in [0.2, 0.25) is 0 Å². The fraction of sp³-hybridized carbons (Fsp3) is 0.100. The normalized spacial score (nSPS) is 10.1. The second-order valence-electron chi connectivity index (χ2n) is 5.74. The molecule has 136 valence electrons. The number of carbonyl (C=O) groups excluding carboxylic acids is 2. The molecule has 0 bridgehead atoms. The standard InChI is InChI=1S/C20H19N5O2/c1-21-18(26)15-6-2-5-14(11-15)13-24-19(27)16-7-3-8-17(12-16)25-20-22-9-4-10-23-20/h2-12H,13H2,1H3,(H,21,26)(H,24,27)(H,22,23,25). The number of nitrogens with one attached hydrogen (secondary N) is 3. The van der Waals surface area contributed by atoms with Gasteiger partial charge < -0.3 is 16.0 Å². The maximum atomic E-state index is 12.4. The van der Waals surface area contributed by atoms with E-state index in [0.717, 1.165) is 11.3 Å². The first-order valence-corrected chi connectivity index (χ1v) is 8.39. The molecule has 0 fully saturated rings. The van der Waals surface area contributed by atoms with Crippen molar-refractivity contribution in [1.29, 1.82) is 0 Å². The van der Waals surface area contributed by atoms with Gasteiger partial charge in [0, 0.05) is 42.8 Å². The zero-order valence-corrected chi connectivity index (χ0v) is 14.8. The lowest BCUT2D eigenvalue weighted by Crippen LogP contribution is -2.23. The summed E-state index contributed by atoms with van der Waals surface area (Å²) in [4.78, 5) is 32.3. The summed E-state index contributed by atoms with van der Waals surface area (Å²) in [5.74, 6) is 0.0872. The van der Waals surface area contributed by atoms with Crippen LogP contribution in [0.1, 0.15) is 26.3 Å². The first kappa shape index (κ1) is 18.1. The number of hydrogen-bond acceptors (Lipinski definition) is 5. The van der Waals surface area contributed by atoms with E-state index in [1.807, 2.05) is 12.1 Å². The molecule has 7 nitrogen and oxygen atoms in total. The van der Waals surface area contributed by atoms with Crippen LogP contribution in [-0.2, 0) is 6.54 Å². The molecule has 3 aromatic rings. The van der Waals surface area contributed by atoms with E-state index >= 15 is 0 Å². The lowest BCUT2D eigenvalue weighted by atomic mass is 10.1. The Balaban J connectivity index is 1.65. The molecule has 0 saturated heterocycles. The summed E-state index contributed by atoms with van der Waals surface area (Å²) in [7, 11) is 1.58. The summed E-state index contributed by atoms with van der Waals surface area (Å²) in [6.45, 7) is 0.323. The first-order chi connectivity index (χ1) is 13.2. The number of nitrogens with zero attached hydrogens (tertiary/aromatic N) is 2. The zero-order chi connectivity index (χ0) is 19.1. The van der Waals surface area contributed by atoms with Gasteiger partial charge in [0.15, 0.2) is 0 Å². The summed E-state index contributed by atoms with van der Waals surface area (Å²) >= 11 is 0. The topological polar surface area (TPSA) is 96.0 Å². The van der Waals surface area contributed by atoms with Gasteiger partial charge in [-0.05, 0) is 42.0 Å². The van der Waals surface area contributed by atoms with E-state index in [1.54, 1.807) is 61.9 Å². The molecule has 0 spiro atoms. The third-order valence-corrected chi connectivity index (χ3v) is 3.82. The van der Waals surface area contributed by atoms with Crippen molar-refractivity contribution in [2.75, 3.05) is 12.4 Å². The van der Waals surface area contributed by atoms with Crippen LogP contribution in [0.3, 0.4) is 0 Å². The fourth-order valence-corrected chi connectivity index (χ4v) is 2.48. The Morgan fingerprint density at radius 2 is 1.59 bits per heavy atom. The molecule has 0 unspecified atom stereocenters. The monoisotopic (exact) mass is 361 g/mol. The first-order valence-electron chi connectivity index (χ1n) is 8.39. The van der Waals surface area contributed by atoms with Crippen molar-refractivity contribution in [3.63, 3.8) is 0 Å². The third-order valence-electron chi connectivity index (χ3n) is 3.82. The molecule has 7 heteroatoms. The molecule has 0 aliphatic heterocycles. The summed E-state index contributed by atoms with van der Waals surface area (Å²) in [5, 5.41) is 8.50. The average Bonchev–Trinajstić information content (AvgIpc) is 2.72. The molecule has 0 aliphatic rings. The van der Waals surface area contributed by atoms with Gasteiger partial charge in [-0.1, -0.05) is 18.2 Å². The Kier molecular flexibility index (Phi) is 5.73. The molecule has 0 atom stereocenters. The molecule has 3 N–H and O–H groups in total. The van der Waals surface area contributed by atoms with E-state index in [1.165, 1.54) is 0 Å². The van der Waals surface area contributed by atoms with E-state index in [2.05, 4.69) is 25.9 Å². The molecule has 1 heterocycles. The van der Waals surface area contributed by atoms with Crippen molar-refractivity contribution in [3.05, 3.63) is 83.7 Å². The van der Waals surface area contributed by atoms with Gasteiger partial charge in [-0.2, -0.15) is 0 Å². The lowest BCUT2D eigenvalue weighted by Gasteiger charge is -2.09. The molecule has 3 rings (SSSR count). The highest BCUT2D eigenvalue weighted by molar-refractivity contribution is 5.95. The van der Waals surface area contributed by atoms with Crippen LogP contribution in [0, 0.1) is 0 Å². The van der Waals surface area contributed by atoms with E-state index < -0.39 is 0 Å². The molecule has 27 heavy (non-hydrogen) atoms. The molecule has 0 aliphatic carbocycles. The fourth-order valence-electron chi connectivity index (χ4n) is 2.48. The number of benzene rings is 2. The van der Waals surface area contributed by atoms with E-state index in [4.69, 9.17) is 0 Å². The van der Waals surface area contributed by atoms with Gasteiger partial charge in [-0.3, -0.25) is 9.59 Å². The molecule has 0 saturated carbocycles. The molecule has 2 amide bonds. The Bertz CT molecular complexity index is 944. The predicted octanol–water partition coefficient (Wildman–Crippen LogP) is 2.51. The second-order valence-corrected chi connectivity index (χ2v) is 5.74. The average molecular weight is 361 g/mol. The van der Waals surface area contributed by atoms with Crippen LogP contribution in [0.25, 0.3) is 0 Å². The zero-order valence-electron chi connectivity index (χ0n) is 14.8. The highest BCUT2D eigenvalue weighted by Crippen LogP contribution is 2.14. The Labute approximate surface area is 156 Å². The van der Waals surface area contributed by atoms with Gasteiger partial charge in [0.05, 0.1) is 0 Å². The summed E-state index contributed by atoms with van der Waals surface area (Å²) in [5.41, 5.74) is 2.63. The summed E-state index contributed by atoms with van der Waals surface area (Å²) < 4.78 is 0. The minimum Gasteiger partial charge on any atom is -0.355 e. The molecule has 0 radical (unpaired) electrons. The molecular weight excluding hydrogens is 342 g/mol.